The van der Waals surface area contributed by atoms with Crippen molar-refractivity contribution < 1.29 is 0 Å². The van der Waals surface area contributed by atoms with Crippen LogP contribution in [0, 0.1) is 19.3 Å². The van der Waals surface area contributed by atoms with Gasteiger partial charge in [0, 0.05) is 5.56 Å². The van der Waals surface area contributed by atoms with Crippen molar-refractivity contribution in [3.8, 4) is 23.5 Å². The zero-order chi connectivity index (χ0) is 10.7. The van der Waals surface area contributed by atoms with Gasteiger partial charge < -0.3 is 0 Å². The van der Waals surface area contributed by atoms with Gasteiger partial charge >= 0.3 is 0 Å². The standard InChI is InChI=1S/C15H12/c1-3-13-11-12(2)9-10-15(13)14-7-5-4-6-8-14/h1,4-11H,2H3. The monoisotopic (exact) mass is 192 g/mol. The molecule has 2 aromatic rings. The smallest absolute Gasteiger partial charge is 0.0323 e. The molecule has 0 spiro atoms. The lowest BCUT2D eigenvalue weighted by Gasteiger charge is -2.05. The Kier molecular flexibility index (Phi) is 2.56. The molecule has 0 unspecified atom stereocenters. The second kappa shape index (κ2) is 4.02. The van der Waals surface area contributed by atoms with Gasteiger partial charge in [0.25, 0.3) is 0 Å². The van der Waals surface area contributed by atoms with Gasteiger partial charge in [-0.15, -0.1) is 6.42 Å². The molecule has 0 bridgehead atoms. The first-order valence-corrected chi connectivity index (χ1v) is 4.94. The van der Waals surface area contributed by atoms with Gasteiger partial charge in [-0.2, -0.15) is 0 Å². The molecule has 0 amide bonds. The molecule has 0 aliphatic rings. The maximum atomic E-state index is 5.51. The molecule has 0 heterocycles. The summed E-state index contributed by atoms with van der Waals surface area (Å²) < 4.78 is 0. The Balaban J connectivity index is 2.60. The maximum Gasteiger partial charge on any atom is 0.0323 e. The highest BCUT2D eigenvalue weighted by molar-refractivity contribution is 5.71. The third kappa shape index (κ3) is 1.92. The van der Waals surface area contributed by atoms with E-state index in [1.54, 1.807) is 0 Å². The Morgan fingerprint density at radius 2 is 1.73 bits per heavy atom. The quantitative estimate of drug-likeness (QED) is 0.605. The molecule has 72 valence electrons. The van der Waals surface area contributed by atoms with Crippen LogP contribution in [-0.4, -0.2) is 0 Å². The average Bonchev–Trinajstić information content (AvgIpc) is 2.30. The molecule has 2 rings (SSSR count). The number of hydrogen-bond donors (Lipinski definition) is 0. The van der Waals surface area contributed by atoms with Gasteiger partial charge in [-0.25, -0.2) is 0 Å². The van der Waals surface area contributed by atoms with Crippen molar-refractivity contribution in [1.82, 2.24) is 0 Å². The van der Waals surface area contributed by atoms with Crippen LogP contribution in [0.15, 0.2) is 48.5 Å². The normalized spacial score (nSPS) is 9.60. The van der Waals surface area contributed by atoms with E-state index in [0.717, 1.165) is 11.1 Å². The van der Waals surface area contributed by atoms with Gasteiger partial charge in [-0.3, -0.25) is 0 Å². The Hall–Kier alpha value is -2.00. The van der Waals surface area contributed by atoms with E-state index in [1.165, 1.54) is 11.1 Å². The molecule has 2 aromatic carbocycles. The van der Waals surface area contributed by atoms with Crippen LogP contribution in [0.2, 0.25) is 0 Å². The van der Waals surface area contributed by atoms with Crippen LogP contribution in [0.3, 0.4) is 0 Å². The van der Waals surface area contributed by atoms with E-state index in [0.29, 0.717) is 0 Å². The van der Waals surface area contributed by atoms with E-state index >= 15 is 0 Å². The lowest BCUT2D eigenvalue weighted by molar-refractivity contribution is 1.45. The second-order valence-corrected chi connectivity index (χ2v) is 3.56. The minimum absolute atomic E-state index is 0.959. The number of hydrogen-bond acceptors (Lipinski definition) is 0. The predicted molar refractivity (Wildman–Crippen MR) is 64.6 cm³/mol. The summed E-state index contributed by atoms with van der Waals surface area (Å²) >= 11 is 0. The third-order valence-corrected chi connectivity index (χ3v) is 2.42. The third-order valence-electron chi connectivity index (χ3n) is 2.42. The molecule has 0 radical (unpaired) electrons. The summed E-state index contributed by atoms with van der Waals surface area (Å²) in [5.74, 6) is 2.73. The summed E-state index contributed by atoms with van der Waals surface area (Å²) in [6.07, 6.45) is 5.51. The van der Waals surface area contributed by atoms with Gasteiger partial charge in [0.2, 0.25) is 0 Å². The zero-order valence-corrected chi connectivity index (χ0v) is 8.70. The number of aryl methyl sites for hydroxylation is 1. The highest BCUT2D eigenvalue weighted by Gasteiger charge is 2.02. The number of terminal acetylenes is 1. The van der Waals surface area contributed by atoms with Crippen LogP contribution < -0.4 is 0 Å². The largest absolute Gasteiger partial charge is 0.115 e. The molecular formula is C15H12. The van der Waals surface area contributed by atoms with E-state index < -0.39 is 0 Å². The van der Waals surface area contributed by atoms with E-state index in [2.05, 4.69) is 37.1 Å². The van der Waals surface area contributed by atoms with Crippen molar-refractivity contribution in [2.24, 2.45) is 0 Å². The Labute approximate surface area is 90.6 Å². The first kappa shape index (κ1) is 9.55. The molecule has 0 fully saturated rings. The molecule has 0 aliphatic heterocycles. The first-order valence-electron chi connectivity index (χ1n) is 4.94. The summed E-state index contributed by atoms with van der Waals surface area (Å²) in [5.41, 5.74) is 4.46. The van der Waals surface area contributed by atoms with Crippen LogP contribution in [0.5, 0.6) is 0 Å². The summed E-state index contributed by atoms with van der Waals surface area (Å²) in [6.45, 7) is 2.05. The molecule has 0 aromatic heterocycles. The van der Waals surface area contributed by atoms with Crippen molar-refractivity contribution in [2.45, 2.75) is 6.92 Å². The first-order chi connectivity index (χ1) is 7.31. The highest BCUT2D eigenvalue weighted by Crippen LogP contribution is 2.23. The topological polar surface area (TPSA) is 0 Å². The van der Waals surface area contributed by atoms with E-state index in [4.69, 9.17) is 6.42 Å². The van der Waals surface area contributed by atoms with Crippen LogP contribution in [0.1, 0.15) is 11.1 Å². The molecular weight excluding hydrogens is 180 g/mol. The van der Waals surface area contributed by atoms with Crippen LogP contribution >= 0.6 is 0 Å². The Morgan fingerprint density at radius 3 is 2.40 bits per heavy atom. The van der Waals surface area contributed by atoms with Crippen molar-refractivity contribution >= 4 is 0 Å². The van der Waals surface area contributed by atoms with Crippen LogP contribution in [0.4, 0.5) is 0 Å². The van der Waals surface area contributed by atoms with Crippen LogP contribution in [0.25, 0.3) is 11.1 Å². The van der Waals surface area contributed by atoms with E-state index in [1.807, 2.05) is 24.3 Å². The van der Waals surface area contributed by atoms with Gasteiger partial charge in [0.05, 0.1) is 0 Å². The molecule has 15 heavy (non-hydrogen) atoms. The van der Waals surface area contributed by atoms with Crippen molar-refractivity contribution in [3.63, 3.8) is 0 Å². The van der Waals surface area contributed by atoms with Gasteiger partial charge in [0.1, 0.15) is 0 Å². The molecule has 0 aliphatic carbocycles. The van der Waals surface area contributed by atoms with E-state index in [-0.39, 0.29) is 0 Å². The maximum absolute atomic E-state index is 5.51. The lowest BCUT2D eigenvalue weighted by Crippen LogP contribution is -1.85. The van der Waals surface area contributed by atoms with Gasteiger partial charge in [0.15, 0.2) is 0 Å². The van der Waals surface area contributed by atoms with Gasteiger partial charge in [-0.05, 0) is 29.7 Å². The number of rotatable bonds is 1. The van der Waals surface area contributed by atoms with Gasteiger partial charge in [-0.1, -0.05) is 48.4 Å². The molecule has 0 nitrogen and oxygen atoms in total. The number of benzene rings is 2. The van der Waals surface area contributed by atoms with Crippen LogP contribution in [-0.2, 0) is 0 Å². The van der Waals surface area contributed by atoms with Crippen molar-refractivity contribution in [1.29, 1.82) is 0 Å². The zero-order valence-electron chi connectivity index (χ0n) is 8.70. The molecule has 0 heteroatoms. The minimum Gasteiger partial charge on any atom is -0.115 e. The minimum atomic E-state index is 0.959. The Bertz CT molecular complexity index is 501. The van der Waals surface area contributed by atoms with Crippen molar-refractivity contribution in [3.05, 3.63) is 59.7 Å². The summed E-state index contributed by atoms with van der Waals surface area (Å²) in [5, 5.41) is 0. The summed E-state index contributed by atoms with van der Waals surface area (Å²) in [7, 11) is 0. The Morgan fingerprint density at radius 1 is 1.00 bits per heavy atom. The van der Waals surface area contributed by atoms with Crippen molar-refractivity contribution in [2.75, 3.05) is 0 Å². The fraction of sp³-hybridized carbons (Fsp3) is 0.0667. The molecule has 0 saturated carbocycles. The molecule has 0 atom stereocenters. The van der Waals surface area contributed by atoms with E-state index in [9.17, 15) is 0 Å². The predicted octanol–water partition coefficient (Wildman–Crippen LogP) is 3.64. The summed E-state index contributed by atoms with van der Waals surface area (Å²) in [4.78, 5) is 0. The average molecular weight is 192 g/mol. The fourth-order valence-electron chi connectivity index (χ4n) is 1.65. The molecule has 0 N–H and O–H groups in total. The molecule has 0 saturated heterocycles. The highest BCUT2D eigenvalue weighted by atomic mass is 14.0. The second-order valence-electron chi connectivity index (χ2n) is 3.56. The fourth-order valence-corrected chi connectivity index (χ4v) is 1.65. The summed E-state index contributed by atoms with van der Waals surface area (Å²) in [6, 6.07) is 16.4. The SMILES string of the molecule is C#Cc1cc(C)ccc1-c1ccccc1. The lowest BCUT2D eigenvalue weighted by atomic mass is 9.98.